The van der Waals surface area contributed by atoms with Crippen molar-refractivity contribution in [2.45, 2.75) is 45.8 Å². The Morgan fingerprint density at radius 3 is 2.28 bits per heavy atom. The van der Waals surface area contributed by atoms with E-state index in [0.29, 0.717) is 10.5 Å². The molecule has 1 unspecified atom stereocenters. The number of Topliss-reactive ketones (excluding diaryl/α,β-unsaturated/α-hetero) is 1. The minimum Gasteiger partial charge on any atom is -0.622 e. The molecule has 0 amide bonds. The quantitative estimate of drug-likeness (QED) is 0.628. The van der Waals surface area contributed by atoms with Gasteiger partial charge in [0.25, 0.3) is 0 Å². The molecule has 1 rings (SSSR count). The van der Waals surface area contributed by atoms with Crippen LogP contribution in [0.5, 0.6) is 0 Å². The molecular weight excluding hydrogens is 252 g/mol. The predicted octanol–water partition coefficient (Wildman–Crippen LogP) is 1.99. The van der Waals surface area contributed by atoms with Crippen molar-refractivity contribution < 1.29 is 14.7 Å². The first-order chi connectivity index (χ1) is 8.15. The van der Waals surface area contributed by atoms with Crippen LogP contribution in [0.2, 0.25) is 0 Å². The van der Waals surface area contributed by atoms with Crippen LogP contribution in [-0.2, 0) is 4.79 Å². The average Bonchev–Trinajstić information content (AvgIpc) is 2.43. The van der Waals surface area contributed by atoms with Crippen molar-refractivity contribution in [3.05, 3.63) is 16.2 Å². The van der Waals surface area contributed by atoms with Crippen LogP contribution in [-0.4, -0.2) is 44.0 Å². The highest BCUT2D eigenvalue weighted by Gasteiger charge is 2.62. The maximum atomic E-state index is 12.5. The van der Waals surface area contributed by atoms with Crippen molar-refractivity contribution in [2.75, 3.05) is 6.26 Å². The number of allylic oxidation sites excluding steroid dienone is 1. The molecule has 0 aromatic heterocycles. The van der Waals surface area contributed by atoms with Gasteiger partial charge in [0.1, 0.15) is 5.54 Å². The first-order valence-electron chi connectivity index (χ1n) is 5.71. The molecule has 1 heterocycles. The van der Waals surface area contributed by atoms with E-state index in [-0.39, 0.29) is 5.78 Å². The van der Waals surface area contributed by atoms with E-state index in [9.17, 15) is 15.2 Å². The lowest BCUT2D eigenvalue weighted by molar-refractivity contribution is -0.565. The number of rotatable bonds is 3. The molecule has 0 bridgehead atoms. The second-order valence-electron chi connectivity index (χ2n) is 4.95. The first kappa shape index (κ1) is 15.2. The van der Waals surface area contributed by atoms with Crippen molar-refractivity contribution in [3.63, 3.8) is 0 Å². The van der Waals surface area contributed by atoms with Gasteiger partial charge in [0.05, 0.1) is 4.91 Å². The number of hydrogen-bond donors (Lipinski definition) is 1. The predicted molar refractivity (Wildman–Crippen MR) is 72.7 cm³/mol. The number of hydroxylamine groups is 3. The maximum Gasteiger partial charge on any atom is 0.307 e. The zero-order chi connectivity index (χ0) is 14.3. The molecule has 5 nitrogen and oxygen atoms in total. The van der Waals surface area contributed by atoms with Gasteiger partial charge < -0.3 is 10.4 Å². The number of nitrogens with zero attached hydrogens (tertiary/aromatic N) is 2. The summed E-state index contributed by atoms with van der Waals surface area (Å²) >= 11 is 1.42. The highest BCUT2D eigenvalue weighted by atomic mass is 32.2. The van der Waals surface area contributed by atoms with Crippen molar-refractivity contribution in [1.82, 2.24) is 5.06 Å². The van der Waals surface area contributed by atoms with Crippen LogP contribution in [0.4, 0.5) is 0 Å². The fraction of sp³-hybridized carbons (Fsp3) is 0.667. The molecule has 0 fully saturated rings. The summed E-state index contributed by atoms with van der Waals surface area (Å²) in [5.41, 5.74) is -2.06. The summed E-state index contributed by atoms with van der Waals surface area (Å²) in [6, 6.07) is 0. The molecule has 1 N–H and O–H groups in total. The molecule has 0 aliphatic carbocycles. The summed E-state index contributed by atoms with van der Waals surface area (Å²) < 4.78 is 0.626. The Balaban J connectivity index is 3.56. The van der Waals surface area contributed by atoms with E-state index in [1.165, 1.54) is 25.6 Å². The SMILES string of the molecule is C/C=C(\SC)C1=[N+]([O-])C(C)(C(C)=O)N(O)C1(C)C. The first-order valence-corrected chi connectivity index (χ1v) is 6.93. The van der Waals surface area contributed by atoms with Crippen molar-refractivity contribution in [1.29, 1.82) is 0 Å². The van der Waals surface area contributed by atoms with Gasteiger partial charge in [-0.15, -0.1) is 16.8 Å². The molecule has 1 atom stereocenters. The maximum absolute atomic E-state index is 12.5. The normalized spacial score (nSPS) is 28.9. The van der Waals surface area contributed by atoms with Crippen LogP contribution < -0.4 is 0 Å². The molecule has 0 saturated heterocycles. The van der Waals surface area contributed by atoms with E-state index in [2.05, 4.69) is 0 Å². The van der Waals surface area contributed by atoms with E-state index in [4.69, 9.17) is 0 Å². The summed E-state index contributed by atoms with van der Waals surface area (Å²) in [7, 11) is 0. The smallest absolute Gasteiger partial charge is 0.307 e. The third kappa shape index (κ3) is 1.79. The number of thioether (sulfide) groups is 1. The van der Waals surface area contributed by atoms with Crippen LogP contribution >= 0.6 is 11.8 Å². The second-order valence-corrected chi connectivity index (χ2v) is 5.80. The third-order valence-corrected chi connectivity index (χ3v) is 4.37. The third-order valence-electron chi connectivity index (χ3n) is 3.50. The summed E-state index contributed by atoms with van der Waals surface area (Å²) in [5.74, 6) is -0.389. The molecular formula is C12H20N2O3S. The number of carbonyl (C=O) groups is 1. The van der Waals surface area contributed by atoms with Gasteiger partial charge in [0.15, 0.2) is 0 Å². The van der Waals surface area contributed by atoms with Crippen LogP contribution in [0.25, 0.3) is 0 Å². The molecule has 1 aliphatic heterocycles. The average molecular weight is 272 g/mol. The number of carbonyl (C=O) groups excluding carboxylic acids is 1. The van der Waals surface area contributed by atoms with Crippen LogP contribution in [0.15, 0.2) is 11.0 Å². The Morgan fingerprint density at radius 1 is 1.50 bits per heavy atom. The highest BCUT2D eigenvalue weighted by Crippen LogP contribution is 2.37. The topological polar surface area (TPSA) is 66.6 Å². The van der Waals surface area contributed by atoms with E-state index in [1.807, 2.05) is 19.3 Å². The minimum atomic E-state index is -1.57. The van der Waals surface area contributed by atoms with Crippen LogP contribution in [0, 0.1) is 5.21 Å². The summed E-state index contributed by atoms with van der Waals surface area (Å²) in [6.45, 7) is 8.02. The van der Waals surface area contributed by atoms with Crippen molar-refractivity contribution in [3.8, 4) is 0 Å². The zero-order valence-corrected chi connectivity index (χ0v) is 12.5. The Bertz CT molecular complexity index is 443. The van der Waals surface area contributed by atoms with Crippen LogP contribution in [0.1, 0.15) is 34.6 Å². The van der Waals surface area contributed by atoms with Gasteiger partial charge >= 0.3 is 5.66 Å². The lowest BCUT2D eigenvalue weighted by atomic mass is 9.97. The number of hydrogen-bond acceptors (Lipinski definition) is 5. The van der Waals surface area contributed by atoms with Gasteiger partial charge in [-0.1, -0.05) is 6.08 Å². The Kier molecular flexibility index (Phi) is 3.95. The molecule has 0 aromatic rings. The summed E-state index contributed by atoms with van der Waals surface area (Å²) in [5, 5.41) is 23.5. The molecule has 0 spiro atoms. The van der Waals surface area contributed by atoms with Gasteiger partial charge in [-0.3, -0.25) is 4.79 Å². The number of ketones is 1. The molecule has 6 heteroatoms. The van der Waals surface area contributed by atoms with Gasteiger partial charge in [-0.25, -0.2) is 0 Å². The molecule has 102 valence electrons. The van der Waals surface area contributed by atoms with Crippen molar-refractivity contribution >= 4 is 23.3 Å². The lowest BCUT2D eigenvalue weighted by Crippen LogP contribution is -2.57. The van der Waals surface area contributed by atoms with E-state index < -0.39 is 11.2 Å². The summed E-state index contributed by atoms with van der Waals surface area (Å²) in [4.78, 5) is 12.5. The Labute approximate surface area is 112 Å². The molecule has 0 radical (unpaired) electrons. The van der Waals surface area contributed by atoms with Gasteiger partial charge in [-0.2, -0.15) is 4.74 Å². The van der Waals surface area contributed by atoms with Gasteiger partial charge in [0.2, 0.25) is 11.5 Å². The molecule has 0 aromatic carbocycles. The van der Waals surface area contributed by atoms with E-state index in [0.717, 1.165) is 9.97 Å². The zero-order valence-electron chi connectivity index (χ0n) is 11.6. The Hall–Kier alpha value is -0.850. The second kappa shape index (κ2) is 4.68. The fourth-order valence-corrected chi connectivity index (χ4v) is 3.00. The Morgan fingerprint density at radius 2 is 2.00 bits per heavy atom. The molecule has 0 saturated carbocycles. The highest BCUT2D eigenvalue weighted by molar-refractivity contribution is 8.03. The lowest BCUT2D eigenvalue weighted by Gasteiger charge is -2.30. The van der Waals surface area contributed by atoms with E-state index >= 15 is 0 Å². The molecule has 18 heavy (non-hydrogen) atoms. The van der Waals surface area contributed by atoms with E-state index in [1.54, 1.807) is 13.8 Å². The van der Waals surface area contributed by atoms with Gasteiger partial charge in [0, 0.05) is 13.8 Å². The summed E-state index contributed by atoms with van der Waals surface area (Å²) in [6.07, 6.45) is 3.67. The molecule has 1 aliphatic rings. The fourth-order valence-electron chi connectivity index (χ4n) is 2.24. The van der Waals surface area contributed by atoms with Gasteiger partial charge in [-0.05, 0) is 27.0 Å². The standard InChI is InChI=1S/C12H20N2O3S/c1-7-9(18-6)10-11(3,4)14(17)12(5,8(2)15)13(10)16/h7,17H,1-6H3/b9-7-. The monoisotopic (exact) mass is 272 g/mol. The van der Waals surface area contributed by atoms with Crippen molar-refractivity contribution in [2.24, 2.45) is 0 Å². The minimum absolute atomic E-state index is 0.389. The largest absolute Gasteiger partial charge is 0.622 e. The van der Waals surface area contributed by atoms with Crippen LogP contribution in [0.3, 0.4) is 0 Å².